The van der Waals surface area contributed by atoms with Gasteiger partial charge >= 0.3 is 0 Å². The lowest BCUT2D eigenvalue weighted by atomic mass is 9.74. The molecule has 13 heavy (non-hydrogen) atoms. The second kappa shape index (κ2) is 3.20. The molecular formula is C10H17NO2. The van der Waals surface area contributed by atoms with Crippen molar-refractivity contribution in [2.45, 2.75) is 45.6 Å². The molecule has 1 fully saturated rings. The van der Waals surface area contributed by atoms with Gasteiger partial charge in [-0.15, -0.1) is 0 Å². The molecule has 0 radical (unpaired) electrons. The lowest BCUT2D eigenvalue weighted by molar-refractivity contribution is -0.762. The standard InChI is InChI=1S/C10H17NO2/c1-7-9-5-3-4-6-10(9)8(2)13-11(7)12/h8-10H,3-6H2,1-2H3/t8-,9+,10+/m0/s1. The van der Waals surface area contributed by atoms with Crippen LogP contribution in [0.15, 0.2) is 0 Å². The van der Waals surface area contributed by atoms with Gasteiger partial charge in [0.2, 0.25) is 5.71 Å². The van der Waals surface area contributed by atoms with Crippen molar-refractivity contribution in [3.05, 3.63) is 5.21 Å². The summed E-state index contributed by atoms with van der Waals surface area (Å²) in [5.74, 6) is 1.06. The summed E-state index contributed by atoms with van der Waals surface area (Å²) in [6.45, 7) is 3.92. The first-order valence-corrected chi connectivity index (χ1v) is 5.17. The average molecular weight is 183 g/mol. The summed E-state index contributed by atoms with van der Waals surface area (Å²) in [6, 6.07) is 0. The van der Waals surface area contributed by atoms with Crippen molar-refractivity contribution in [3.63, 3.8) is 0 Å². The van der Waals surface area contributed by atoms with Crippen molar-refractivity contribution >= 4 is 5.71 Å². The topological polar surface area (TPSA) is 35.3 Å². The highest BCUT2D eigenvalue weighted by atomic mass is 16.9. The molecule has 3 atom stereocenters. The second-order valence-corrected chi connectivity index (χ2v) is 4.26. The average Bonchev–Trinajstić information content (AvgIpc) is 2.15. The van der Waals surface area contributed by atoms with Gasteiger partial charge in [0.15, 0.2) is 0 Å². The van der Waals surface area contributed by atoms with E-state index in [1.165, 1.54) is 25.7 Å². The zero-order valence-corrected chi connectivity index (χ0v) is 8.32. The largest absolute Gasteiger partial charge is 0.400 e. The Morgan fingerprint density at radius 3 is 2.85 bits per heavy atom. The summed E-state index contributed by atoms with van der Waals surface area (Å²) < 4.78 is 0. The van der Waals surface area contributed by atoms with Crippen LogP contribution >= 0.6 is 0 Å². The molecule has 2 rings (SSSR count). The van der Waals surface area contributed by atoms with Crippen LogP contribution in [0.25, 0.3) is 0 Å². The minimum Gasteiger partial charge on any atom is -0.400 e. The first-order chi connectivity index (χ1) is 6.20. The number of nitrogens with zero attached hydrogens (tertiary/aromatic N) is 1. The quantitative estimate of drug-likeness (QED) is 0.539. The minimum absolute atomic E-state index is 0.103. The van der Waals surface area contributed by atoms with E-state index in [4.69, 9.17) is 4.84 Å². The Morgan fingerprint density at radius 2 is 2.08 bits per heavy atom. The van der Waals surface area contributed by atoms with Gasteiger partial charge in [0.05, 0.1) is 6.10 Å². The number of hydrogen-bond donors (Lipinski definition) is 0. The molecule has 0 spiro atoms. The predicted molar refractivity (Wildman–Crippen MR) is 50.3 cm³/mol. The van der Waals surface area contributed by atoms with Gasteiger partial charge < -0.3 is 4.84 Å². The van der Waals surface area contributed by atoms with Gasteiger partial charge in [-0.1, -0.05) is 12.8 Å². The van der Waals surface area contributed by atoms with Crippen LogP contribution in [-0.2, 0) is 4.84 Å². The molecule has 0 N–H and O–H groups in total. The summed E-state index contributed by atoms with van der Waals surface area (Å²) in [6.07, 6.45) is 5.05. The highest BCUT2D eigenvalue weighted by Gasteiger charge is 2.39. The van der Waals surface area contributed by atoms with Crippen molar-refractivity contribution < 1.29 is 9.74 Å². The van der Waals surface area contributed by atoms with Crippen molar-refractivity contribution in [1.82, 2.24) is 0 Å². The molecular weight excluding hydrogens is 166 g/mol. The molecule has 1 aliphatic carbocycles. The Morgan fingerprint density at radius 1 is 1.38 bits per heavy atom. The molecule has 1 saturated carbocycles. The molecule has 0 amide bonds. The van der Waals surface area contributed by atoms with Gasteiger partial charge in [-0.2, -0.15) is 0 Å². The highest BCUT2D eigenvalue weighted by molar-refractivity contribution is 5.80. The fourth-order valence-electron chi connectivity index (χ4n) is 2.69. The van der Waals surface area contributed by atoms with E-state index in [1.54, 1.807) is 0 Å². The molecule has 2 aliphatic rings. The molecule has 1 heterocycles. The lowest BCUT2D eigenvalue weighted by Gasteiger charge is -2.38. The van der Waals surface area contributed by atoms with Crippen LogP contribution in [0, 0.1) is 17.0 Å². The second-order valence-electron chi connectivity index (χ2n) is 4.26. The van der Waals surface area contributed by atoms with E-state index in [9.17, 15) is 5.21 Å². The van der Waals surface area contributed by atoms with E-state index in [2.05, 4.69) is 0 Å². The van der Waals surface area contributed by atoms with E-state index in [1.807, 2.05) is 13.8 Å². The van der Waals surface area contributed by atoms with Crippen LogP contribution in [0.3, 0.4) is 0 Å². The third-order valence-corrected chi connectivity index (χ3v) is 3.51. The molecule has 0 aromatic rings. The third kappa shape index (κ3) is 1.40. The van der Waals surface area contributed by atoms with Crippen LogP contribution < -0.4 is 0 Å². The maximum Gasteiger partial charge on any atom is 0.222 e. The number of hydrogen-bond acceptors (Lipinski definition) is 2. The van der Waals surface area contributed by atoms with Crippen LogP contribution in [0.5, 0.6) is 0 Å². The van der Waals surface area contributed by atoms with E-state index in [0.717, 1.165) is 10.6 Å². The van der Waals surface area contributed by atoms with Gasteiger partial charge in [0.1, 0.15) is 0 Å². The molecule has 74 valence electrons. The normalized spacial score (nSPS) is 39.7. The Bertz CT molecular complexity index is 237. The van der Waals surface area contributed by atoms with E-state index >= 15 is 0 Å². The molecule has 0 bridgehead atoms. The summed E-state index contributed by atoms with van der Waals surface area (Å²) >= 11 is 0. The van der Waals surface area contributed by atoms with E-state index in [-0.39, 0.29) is 6.10 Å². The first-order valence-electron chi connectivity index (χ1n) is 5.17. The molecule has 0 saturated heterocycles. The SMILES string of the molecule is CC1=[N+]([O-])O[C@@H](C)[C@H]2CCCC[C@H]12. The zero-order chi connectivity index (χ0) is 9.42. The van der Waals surface area contributed by atoms with Gasteiger partial charge in [-0.25, -0.2) is 0 Å². The fraction of sp³-hybridized carbons (Fsp3) is 0.900. The molecule has 3 nitrogen and oxygen atoms in total. The zero-order valence-electron chi connectivity index (χ0n) is 8.32. The van der Waals surface area contributed by atoms with Gasteiger partial charge in [0.25, 0.3) is 0 Å². The molecule has 3 heteroatoms. The lowest BCUT2D eigenvalue weighted by Crippen LogP contribution is -2.43. The minimum atomic E-state index is 0.103. The van der Waals surface area contributed by atoms with E-state index in [0.29, 0.717) is 11.8 Å². The molecule has 0 unspecified atom stereocenters. The summed E-state index contributed by atoms with van der Waals surface area (Å²) in [7, 11) is 0. The number of rotatable bonds is 0. The van der Waals surface area contributed by atoms with Crippen molar-refractivity contribution in [1.29, 1.82) is 0 Å². The smallest absolute Gasteiger partial charge is 0.222 e. The Hall–Kier alpha value is -0.730. The maximum atomic E-state index is 11.3. The Balaban J connectivity index is 2.24. The monoisotopic (exact) mass is 183 g/mol. The Kier molecular flexibility index (Phi) is 2.18. The summed E-state index contributed by atoms with van der Waals surface area (Å²) in [5, 5.41) is 11.3. The molecule has 0 aromatic heterocycles. The molecule has 0 aromatic carbocycles. The maximum absolute atomic E-state index is 11.3. The highest BCUT2D eigenvalue weighted by Crippen LogP contribution is 2.36. The van der Waals surface area contributed by atoms with Crippen LogP contribution in [0.2, 0.25) is 0 Å². The predicted octanol–water partition coefficient (Wildman–Crippen LogP) is 2.10. The van der Waals surface area contributed by atoms with Gasteiger partial charge in [0, 0.05) is 17.7 Å². The van der Waals surface area contributed by atoms with Crippen LogP contribution in [0.4, 0.5) is 0 Å². The third-order valence-electron chi connectivity index (χ3n) is 3.51. The number of fused-ring (bicyclic) bond motifs is 1. The molecule has 1 aliphatic heterocycles. The van der Waals surface area contributed by atoms with Gasteiger partial charge in [-0.3, -0.25) is 5.21 Å². The van der Waals surface area contributed by atoms with Crippen molar-refractivity contribution in [3.8, 4) is 0 Å². The fourth-order valence-corrected chi connectivity index (χ4v) is 2.69. The van der Waals surface area contributed by atoms with Crippen LogP contribution in [0.1, 0.15) is 39.5 Å². The van der Waals surface area contributed by atoms with Crippen molar-refractivity contribution in [2.75, 3.05) is 0 Å². The summed E-state index contributed by atoms with van der Waals surface area (Å²) in [5.41, 5.74) is 0.878. The Labute approximate surface area is 78.9 Å². The first kappa shape index (κ1) is 8.85. The van der Waals surface area contributed by atoms with Crippen LogP contribution in [-0.4, -0.2) is 16.7 Å². The van der Waals surface area contributed by atoms with E-state index < -0.39 is 0 Å². The summed E-state index contributed by atoms with van der Waals surface area (Å²) in [4.78, 5) is 5.94. The van der Waals surface area contributed by atoms with Crippen molar-refractivity contribution in [2.24, 2.45) is 11.8 Å². The van der Waals surface area contributed by atoms with Gasteiger partial charge in [-0.05, 0) is 25.7 Å².